The minimum atomic E-state index is -3.75. The van der Waals surface area contributed by atoms with Crippen LogP contribution >= 0.6 is 0 Å². The van der Waals surface area contributed by atoms with E-state index in [0.29, 0.717) is 18.2 Å². The van der Waals surface area contributed by atoms with E-state index in [1.807, 2.05) is 27.7 Å². The smallest absolute Gasteiger partial charge is 0.183 e. The topological polar surface area (TPSA) is 89.5 Å². The Bertz CT molecular complexity index is 783. The van der Waals surface area contributed by atoms with Crippen LogP contribution in [0.4, 0.5) is 0 Å². The van der Waals surface area contributed by atoms with E-state index in [-0.39, 0.29) is 22.5 Å². The van der Waals surface area contributed by atoms with Crippen molar-refractivity contribution in [2.45, 2.75) is 50.0 Å². The Labute approximate surface area is 150 Å². The molecule has 0 saturated carbocycles. The molecular formula is C17H27NO5S2. The number of rotatable bonds is 7. The van der Waals surface area contributed by atoms with Gasteiger partial charge in [0.25, 0.3) is 0 Å². The lowest BCUT2D eigenvalue weighted by Gasteiger charge is -2.21. The van der Waals surface area contributed by atoms with E-state index in [4.69, 9.17) is 4.74 Å². The molecule has 25 heavy (non-hydrogen) atoms. The van der Waals surface area contributed by atoms with E-state index >= 15 is 0 Å². The molecule has 6 nitrogen and oxygen atoms in total. The summed E-state index contributed by atoms with van der Waals surface area (Å²) in [5.74, 6) is 0.412. The standard InChI is InChI=1S/C17H27NO5S2/c1-12(2)9-18-16-10-24(19,20)11-17(16)25(21,22)15-7-5-14(6-8-15)23-13(3)4/h5-8,12-13,16-18H,9-11H2,1-4H3/t16-,17-/m0/s1. The van der Waals surface area contributed by atoms with Gasteiger partial charge in [0, 0.05) is 6.04 Å². The lowest BCUT2D eigenvalue weighted by molar-refractivity contribution is 0.242. The third kappa shape index (κ3) is 5.18. The molecule has 1 heterocycles. The van der Waals surface area contributed by atoms with Crippen LogP contribution in [0.15, 0.2) is 29.2 Å². The molecule has 1 fully saturated rings. The molecule has 0 aliphatic carbocycles. The van der Waals surface area contributed by atoms with E-state index in [2.05, 4.69) is 5.32 Å². The second-order valence-corrected chi connectivity index (χ2v) is 11.5. The molecule has 8 heteroatoms. The van der Waals surface area contributed by atoms with E-state index in [1.165, 1.54) is 12.1 Å². The predicted octanol–water partition coefficient (Wildman–Crippen LogP) is 1.66. The molecule has 2 rings (SSSR count). The quantitative estimate of drug-likeness (QED) is 0.763. The zero-order valence-corrected chi connectivity index (χ0v) is 16.7. The molecule has 0 unspecified atom stereocenters. The molecule has 1 N–H and O–H groups in total. The lowest BCUT2D eigenvalue weighted by atomic mass is 10.2. The van der Waals surface area contributed by atoms with Crippen molar-refractivity contribution in [3.05, 3.63) is 24.3 Å². The minimum absolute atomic E-state index is 0.00736. The van der Waals surface area contributed by atoms with Crippen LogP contribution in [0.5, 0.6) is 5.75 Å². The third-order valence-corrected chi connectivity index (χ3v) is 8.18. The molecule has 142 valence electrons. The highest BCUT2D eigenvalue weighted by Crippen LogP contribution is 2.27. The maximum Gasteiger partial charge on any atom is 0.183 e. The van der Waals surface area contributed by atoms with Crippen LogP contribution in [-0.2, 0) is 19.7 Å². The second kappa shape index (κ2) is 7.63. The van der Waals surface area contributed by atoms with Crippen LogP contribution in [0.2, 0.25) is 0 Å². The number of sulfone groups is 2. The summed E-state index contributed by atoms with van der Waals surface area (Å²) in [5, 5.41) is 2.15. The Hall–Kier alpha value is -1.12. The van der Waals surface area contributed by atoms with Crippen LogP contribution in [0, 0.1) is 5.92 Å². The van der Waals surface area contributed by atoms with E-state index in [0.717, 1.165) is 0 Å². The first-order valence-corrected chi connectivity index (χ1v) is 11.8. The van der Waals surface area contributed by atoms with Crippen molar-refractivity contribution < 1.29 is 21.6 Å². The monoisotopic (exact) mass is 389 g/mol. The molecular weight excluding hydrogens is 362 g/mol. The van der Waals surface area contributed by atoms with Gasteiger partial charge in [0.1, 0.15) is 5.75 Å². The number of ether oxygens (including phenoxy) is 1. The van der Waals surface area contributed by atoms with Crippen molar-refractivity contribution in [3.8, 4) is 5.75 Å². The number of hydrogen-bond acceptors (Lipinski definition) is 6. The maximum absolute atomic E-state index is 13.0. The molecule has 0 aromatic heterocycles. The number of hydrogen-bond donors (Lipinski definition) is 1. The number of nitrogens with one attached hydrogen (secondary N) is 1. The fraction of sp³-hybridized carbons (Fsp3) is 0.647. The van der Waals surface area contributed by atoms with Crippen LogP contribution in [0.25, 0.3) is 0 Å². The molecule has 0 amide bonds. The van der Waals surface area contributed by atoms with Crippen LogP contribution in [0.3, 0.4) is 0 Å². The van der Waals surface area contributed by atoms with E-state index < -0.39 is 31.0 Å². The fourth-order valence-electron chi connectivity index (χ4n) is 2.85. The molecule has 2 atom stereocenters. The highest BCUT2D eigenvalue weighted by Gasteiger charge is 2.45. The molecule has 1 aromatic rings. The summed E-state index contributed by atoms with van der Waals surface area (Å²) >= 11 is 0. The highest BCUT2D eigenvalue weighted by atomic mass is 32.2. The van der Waals surface area contributed by atoms with Crippen LogP contribution in [-0.4, -0.2) is 52.3 Å². The molecule has 1 aliphatic heterocycles. The maximum atomic E-state index is 13.0. The molecule has 0 radical (unpaired) electrons. The summed E-state index contributed by atoms with van der Waals surface area (Å²) in [4.78, 5) is 0.127. The van der Waals surface area contributed by atoms with Crippen molar-refractivity contribution in [1.82, 2.24) is 5.32 Å². The summed E-state index contributed by atoms with van der Waals surface area (Å²) in [7, 11) is -7.12. The van der Waals surface area contributed by atoms with Crippen LogP contribution in [0.1, 0.15) is 27.7 Å². The van der Waals surface area contributed by atoms with Crippen molar-refractivity contribution in [2.75, 3.05) is 18.1 Å². The van der Waals surface area contributed by atoms with Crippen molar-refractivity contribution in [2.24, 2.45) is 5.92 Å². The largest absolute Gasteiger partial charge is 0.491 e. The summed E-state index contributed by atoms with van der Waals surface area (Å²) in [6.45, 7) is 8.34. The van der Waals surface area contributed by atoms with E-state index in [9.17, 15) is 16.8 Å². The minimum Gasteiger partial charge on any atom is -0.491 e. The van der Waals surface area contributed by atoms with Gasteiger partial charge < -0.3 is 10.1 Å². The fourth-order valence-corrected chi connectivity index (χ4v) is 7.57. The van der Waals surface area contributed by atoms with Crippen molar-refractivity contribution >= 4 is 19.7 Å². The Kier molecular flexibility index (Phi) is 6.17. The molecule has 1 aromatic carbocycles. The van der Waals surface area contributed by atoms with Gasteiger partial charge in [-0.1, -0.05) is 13.8 Å². The number of benzene rings is 1. The zero-order valence-electron chi connectivity index (χ0n) is 15.1. The normalized spacial score (nSPS) is 23.3. The van der Waals surface area contributed by atoms with Crippen molar-refractivity contribution in [3.63, 3.8) is 0 Å². The van der Waals surface area contributed by atoms with Gasteiger partial charge in [-0.2, -0.15) is 0 Å². The first kappa shape index (κ1) is 20.2. The average Bonchev–Trinajstić information content (AvgIpc) is 2.81. The van der Waals surface area contributed by atoms with Gasteiger partial charge in [-0.3, -0.25) is 0 Å². The van der Waals surface area contributed by atoms with Gasteiger partial charge >= 0.3 is 0 Å². The van der Waals surface area contributed by atoms with Gasteiger partial charge in [0.2, 0.25) is 0 Å². The Balaban J connectivity index is 2.26. The molecule has 0 bridgehead atoms. The lowest BCUT2D eigenvalue weighted by Crippen LogP contribution is -2.44. The Morgan fingerprint density at radius 2 is 1.72 bits per heavy atom. The Morgan fingerprint density at radius 1 is 1.12 bits per heavy atom. The summed E-state index contributed by atoms with van der Waals surface area (Å²) in [6.07, 6.45) is -0.00736. The summed E-state index contributed by atoms with van der Waals surface area (Å²) < 4.78 is 55.5. The first-order valence-electron chi connectivity index (χ1n) is 8.45. The average molecular weight is 390 g/mol. The summed E-state index contributed by atoms with van der Waals surface area (Å²) in [6, 6.07) is 5.60. The Morgan fingerprint density at radius 3 is 2.24 bits per heavy atom. The molecule has 1 aliphatic rings. The van der Waals surface area contributed by atoms with Gasteiger partial charge in [-0.15, -0.1) is 0 Å². The van der Waals surface area contributed by atoms with Gasteiger partial charge in [0.15, 0.2) is 19.7 Å². The van der Waals surface area contributed by atoms with Gasteiger partial charge in [0.05, 0.1) is 27.8 Å². The highest BCUT2D eigenvalue weighted by molar-refractivity contribution is 7.96. The molecule has 0 spiro atoms. The summed E-state index contributed by atoms with van der Waals surface area (Å²) in [5.41, 5.74) is 0. The van der Waals surface area contributed by atoms with Crippen molar-refractivity contribution in [1.29, 1.82) is 0 Å². The van der Waals surface area contributed by atoms with E-state index in [1.54, 1.807) is 12.1 Å². The second-order valence-electron chi connectivity index (χ2n) is 7.21. The molecule has 1 saturated heterocycles. The van der Waals surface area contributed by atoms with Crippen LogP contribution < -0.4 is 10.1 Å². The first-order chi connectivity index (χ1) is 11.5. The third-order valence-electron chi connectivity index (χ3n) is 4.01. The van der Waals surface area contributed by atoms with Gasteiger partial charge in [-0.25, -0.2) is 16.8 Å². The predicted molar refractivity (Wildman–Crippen MR) is 98.5 cm³/mol. The SMILES string of the molecule is CC(C)CN[C@H]1CS(=O)(=O)C[C@@H]1S(=O)(=O)c1ccc(OC(C)C)cc1. The zero-order chi connectivity index (χ0) is 18.8. The van der Waals surface area contributed by atoms with Gasteiger partial charge in [-0.05, 0) is 50.6 Å².